The van der Waals surface area contributed by atoms with Crippen molar-refractivity contribution in [3.8, 4) is 11.5 Å². The Morgan fingerprint density at radius 1 is 1.56 bits per heavy atom. The van der Waals surface area contributed by atoms with E-state index in [2.05, 4.69) is 21.2 Å². The zero-order valence-electron chi connectivity index (χ0n) is 10.2. The zero-order chi connectivity index (χ0) is 13.5. The molecule has 0 aromatic heterocycles. The second-order valence-electron chi connectivity index (χ2n) is 3.88. The van der Waals surface area contributed by atoms with Gasteiger partial charge >= 0.3 is 0 Å². The van der Waals surface area contributed by atoms with Crippen molar-refractivity contribution in [1.29, 1.82) is 0 Å². The van der Waals surface area contributed by atoms with E-state index >= 15 is 0 Å². The third-order valence-corrected chi connectivity index (χ3v) is 3.02. The normalized spacial score (nSPS) is 10.3. The van der Waals surface area contributed by atoms with Gasteiger partial charge in [0.15, 0.2) is 11.5 Å². The van der Waals surface area contributed by atoms with Crippen molar-refractivity contribution in [2.75, 3.05) is 13.7 Å². The van der Waals surface area contributed by atoms with Gasteiger partial charge in [0.1, 0.15) is 0 Å². The number of benzene rings is 1. The average molecular weight is 317 g/mol. The number of methoxy groups -OCH3 is 1. The number of phenols is 1. The molecule has 100 valence electrons. The number of phenolic OH excluding ortho intramolecular Hbond substituents is 1. The predicted octanol–water partition coefficient (Wildman–Crippen LogP) is 1.52. The number of nitrogens with two attached hydrogens (primary N) is 1. The van der Waals surface area contributed by atoms with Crippen LogP contribution in [0.3, 0.4) is 0 Å². The van der Waals surface area contributed by atoms with E-state index in [-0.39, 0.29) is 11.7 Å². The minimum absolute atomic E-state index is 0.0926. The van der Waals surface area contributed by atoms with E-state index in [0.29, 0.717) is 36.2 Å². The van der Waals surface area contributed by atoms with Gasteiger partial charge in [0.05, 0.1) is 11.6 Å². The van der Waals surface area contributed by atoms with Crippen LogP contribution in [-0.2, 0) is 11.3 Å². The highest BCUT2D eigenvalue weighted by atomic mass is 79.9. The highest BCUT2D eigenvalue weighted by molar-refractivity contribution is 9.10. The lowest BCUT2D eigenvalue weighted by atomic mass is 10.2. The summed E-state index contributed by atoms with van der Waals surface area (Å²) in [6.45, 7) is 1.34. The van der Waals surface area contributed by atoms with E-state index in [4.69, 9.17) is 10.5 Å². The summed E-state index contributed by atoms with van der Waals surface area (Å²) >= 11 is 3.26. The first kappa shape index (κ1) is 14.8. The number of carbonyl (C=O) groups excluding carboxylic acids is 1. The molecule has 0 aliphatic carbocycles. The molecule has 0 aliphatic heterocycles. The Kier molecular flexibility index (Phi) is 5.94. The largest absolute Gasteiger partial charge is 0.503 e. The van der Waals surface area contributed by atoms with E-state index in [1.54, 1.807) is 6.07 Å². The summed E-state index contributed by atoms with van der Waals surface area (Å²) in [7, 11) is 1.51. The number of primary amides is 1. The second-order valence-corrected chi connectivity index (χ2v) is 4.73. The molecule has 1 amide bonds. The SMILES string of the molecule is COc1cc(CNCCCC(N)=O)cc(Br)c1O. The van der Waals surface area contributed by atoms with Crippen LogP contribution in [0.1, 0.15) is 18.4 Å². The standard InChI is InChI=1S/C12H17BrN2O3/c1-18-10-6-8(5-9(13)12(10)17)7-15-4-2-3-11(14)16/h5-6,15,17H,2-4,7H2,1H3,(H2,14,16). The lowest BCUT2D eigenvalue weighted by molar-refractivity contribution is -0.118. The molecule has 0 unspecified atom stereocenters. The van der Waals surface area contributed by atoms with E-state index in [0.717, 1.165) is 5.56 Å². The maximum atomic E-state index is 10.5. The Morgan fingerprint density at radius 3 is 2.89 bits per heavy atom. The minimum atomic E-state index is -0.286. The predicted molar refractivity (Wildman–Crippen MR) is 72.5 cm³/mol. The Hall–Kier alpha value is -1.27. The molecule has 0 radical (unpaired) electrons. The molecule has 0 saturated heterocycles. The van der Waals surface area contributed by atoms with Crippen LogP contribution in [0.25, 0.3) is 0 Å². The molecule has 0 fully saturated rings. The maximum Gasteiger partial charge on any atom is 0.217 e. The number of hydrogen-bond acceptors (Lipinski definition) is 4. The summed E-state index contributed by atoms with van der Waals surface area (Å²) in [5.74, 6) is 0.235. The van der Waals surface area contributed by atoms with E-state index in [1.165, 1.54) is 7.11 Å². The Bertz CT molecular complexity index is 424. The van der Waals surface area contributed by atoms with Crippen LogP contribution in [0.4, 0.5) is 0 Å². The third-order valence-electron chi connectivity index (χ3n) is 2.41. The molecule has 0 bridgehead atoms. The van der Waals surface area contributed by atoms with Crippen LogP contribution < -0.4 is 15.8 Å². The first-order valence-electron chi connectivity index (χ1n) is 5.59. The van der Waals surface area contributed by atoms with E-state index < -0.39 is 0 Å². The summed E-state index contributed by atoms with van der Waals surface area (Å²) in [5.41, 5.74) is 6.03. The summed E-state index contributed by atoms with van der Waals surface area (Å²) in [6, 6.07) is 3.58. The molecule has 1 aromatic rings. The Balaban J connectivity index is 2.47. The van der Waals surface area contributed by atoms with Crippen LogP contribution in [0.15, 0.2) is 16.6 Å². The highest BCUT2D eigenvalue weighted by Crippen LogP contribution is 2.35. The number of aromatic hydroxyl groups is 1. The molecule has 5 nitrogen and oxygen atoms in total. The van der Waals surface area contributed by atoms with Gasteiger partial charge in [0.25, 0.3) is 0 Å². The maximum absolute atomic E-state index is 10.5. The molecular weight excluding hydrogens is 300 g/mol. The van der Waals surface area contributed by atoms with Gasteiger partial charge < -0.3 is 20.9 Å². The molecule has 1 aromatic carbocycles. The van der Waals surface area contributed by atoms with Crippen molar-refractivity contribution >= 4 is 21.8 Å². The lowest BCUT2D eigenvalue weighted by Gasteiger charge is -2.09. The first-order valence-corrected chi connectivity index (χ1v) is 6.38. The van der Waals surface area contributed by atoms with Crippen molar-refractivity contribution in [2.45, 2.75) is 19.4 Å². The van der Waals surface area contributed by atoms with Crippen molar-refractivity contribution in [2.24, 2.45) is 5.73 Å². The molecule has 0 atom stereocenters. The molecular formula is C12H17BrN2O3. The smallest absolute Gasteiger partial charge is 0.217 e. The number of nitrogens with one attached hydrogen (secondary N) is 1. The quantitative estimate of drug-likeness (QED) is 0.666. The van der Waals surface area contributed by atoms with Gasteiger partial charge in [-0.3, -0.25) is 4.79 Å². The zero-order valence-corrected chi connectivity index (χ0v) is 11.8. The topological polar surface area (TPSA) is 84.6 Å². The van der Waals surface area contributed by atoms with Crippen LogP contribution in [-0.4, -0.2) is 24.7 Å². The van der Waals surface area contributed by atoms with Crippen molar-refractivity contribution < 1.29 is 14.6 Å². The second kappa shape index (κ2) is 7.23. The summed E-state index contributed by atoms with van der Waals surface area (Å²) < 4.78 is 5.65. The van der Waals surface area contributed by atoms with Crippen molar-refractivity contribution in [3.05, 3.63) is 22.2 Å². The van der Waals surface area contributed by atoms with Crippen molar-refractivity contribution in [1.82, 2.24) is 5.32 Å². The Labute approximate surface area is 114 Å². The van der Waals surface area contributed by atoms with Gasteiger partial charge in [-0.25, -0.2) is 0 Å². The summed E-state index contributed by atoms with van der Waals surface area (Å²) in [5, 5.41) is 12.8. The molecule has 4 N–H and O–H groups in total. The number of halogens is 1. The molecule has 1 rings (SSSR count). The fourth-order valence-electron chi connectivity index (χ4n) is 1.51. The van der Waals surface area contributed by atoms with Crippen LogP contribution in [0.2, 0.25) is 0 Å². The molecule has 0 saturated carbocycles. The van der Waals surface area contributed by atoms with Gasteiger partial charge in [0, 0.05) is 13.0 Å². The number of rotatable bonds is 7. The number of hydrogen-bond donors (Lipinski definition) is 3. The monoisotopic (exact) mass is 316 g/mol. The van der Waals surface area contributed by atoms with E-state index in [1.807, 2.05) is 6.07 Å². The Morgan fingerprint density at radius 2 is 2.28 bits per heavy atom. The highest BCUT2D eigenvalue weighted by Gasteiger charge is 2.08. The van der Waals surface area contributed by atoms with Gasteiger partial charge in [0.2, 0.25) is 5.91 Å². The van der Waals surface area contributed by atoms with Gasteiger partial charge in [-0.2, -0.15) is 0 Å². The number of ether oxygens (including phenoxy) is 1. The van der Waals surface area contributed by atoms with Gasteiger partial charge in [-0.05, 0) is 46.6 Å². The fourth-order valence-corrected chi connectivity index (χ4v) is 1.99. The molecule has 0 aliphatic rings. The average Bonchev–Trinajstić information content (AvgIpc) is 2.32. The fraction of sp³-hybridized carbons (Fsp3) is 0.417. The minimum Gasteiger partial charge on any atom is -0.503 e. The first-order chi connectivity index (χ1) is 8.54. The number of carbonyl (C=O) groups is 1. The van der Waals surface area contributed by atoms with Crippen LogP contribution >= 0.6 is 15.9 Å². The van der Waals surface area contributed by atoms with Crippen molar-refractivity contribution in [3.63, 3.8) is 0 Å². The molecule has 6 heteroatoms. The third kappa shape index (κ3) is 4.54. The van der Waals surface area contributed by atoms with Crippen LogP contribution in [0.5, 0.6) is 11.5 Å². The molecule has 0 spiro atoms. The summed E-state index contributed by atoms with van der Waals surface area (Å²) in [4.78, 5) is 10.5. The van der Waals surface area contributed by atoms with Gasteiger partial charge in [-0.15, -0.1) is 0 Å². The number of amides is 1. The van der Waals surface area contributed by atoms with Gasteiger partial charge in [-0.1, -0.05) is 0 Å². The lowest BCUT2D eigenvalue weighted by Crippen LogP contribution is -2.18. The molecule has 0 heterocycles. The summed E-state index contributed by atoms with van der Waals surface area (Å²) in [6.07, 6.45) is 1.10. The molecule has 18 heavy (non-hydrogen) atoms. The van der Waals surface area contributed by atoms with E-state index in [9.17, 15) is 9.90 Å². The van der Waals surface area contributed by atoms with Crippen LogP contribution in [0, 0.1) is 0 Å².